The first-order chi connectivity index (χ1) is 17.0. The van der Waals surface area contributed by atoms with Gasteiger partial charge in [0.25, 0.3) is 0 Å². The normalized spacial score (nSPS) is 13.8. The van der Waals surface area contributed by atoms with Crippen molar-refractivity contribution < 1.29 is 28.5 Å². The van der Waals surface area contributed by atoms with E-state index in [-0.39, 0.29) is 12.2 Å². The zero-order chi connectivity index (χ0) is 24.8. The van der Waals surface area contributed by atoms with E-state index in [0.717, 1.165) is 36.0 Å². The van der Waals surface area contributed by atoms with Crippen molar-refractivity contribution in [1.29, 1.82) is 0 Å². The summed E-state index contributed by atoms with van der Waals surface area (Å²) in [5.74, 6) is 0.410. The van der Waals surface area contributed by atoms with Gasteiger partial charge in [-0.15, -0.1) is 0 Å². The number of hydrogen-bond donors (Lipinski definition) is 1. The van der Waals surface area contributed by atoms with Crippen LogP contribution in [0.3, 0.4) is 0 Å². The molecular weight excluding hydrogens is 447 g/mol. The van der Waals surface area contributed by atoms with E-state index in [9.17, 15) is 14.3 Å². The fourth-order valence-electron chi connectivity index (χ4n) is 4.27. The van der Waals surface area contributed by atoms with Crippen LogP contribution >= 0.6 is 0 Å². The number of rotatable bonds is 9. The molecule has 182 valence electrons. The van der Waals surface area contributed by atoms with Gasteiger partial charge in [-0.25, -0.2) is 4.39 Å². The molecule has 1 aliphatic rings. The second kappa shape index (κ2) is 11.2. The number of aliphatic hydroxyl groups excluding tert-OH is 1. The Kier molecular flexibility index (Phi) is 7.83. The molecule has 1 aliphatic carbocycles. The standard InChI is InChI=1S/C29H29FO5/c1-33-22-11-13-27(30)26(16-22)24-12-10-19(14-25(24)20-6-3-4-7-20)18-35-23-9-5-8-21(15-23)28(31)17-29(32)34-2/h5-6,8-16,28,31H,3-4,7,17-18H2,1-2H3/t28-/m1/s1. The molecule has 5 nitrogen and oxygen atoms in total. The molecule has 1 N–H and O–H groups in total. The average Bonchev–Trinajstić information content (AvgIpc) is 3.43. The number of ether oxygens (including phenoxy) is 3. The number of hydrogen-bond acceptors (Lipinski definition) is 5. The summed E-state index contributed by atoms with van der Waals surface area (Å²) in [6.07, 6.45) is 4.16. The second-order valence-corrected chi connectivity index (χ2v) is 8.50. The van der Waals surface area contributed by atoms with Crippen molar-refractivity contribution in [3.63, 3.8) is 0 Å². The third kappa shape index (κ3) is 5.89. The highest BCUT2D eigenvalue weighted by Gasteiger charge is 2.18. The van der Waals surface area contributed by atoms with Crippen LogP contribution in [0, 0.1) is 5.82 Å². The van der Waals surface area contributed by atoms with Crippen LogP contribution in [-0.4, -0.2) is 25.3 Å². The Hall–Kier alpha value is -3.64. The summed E-state index contributed by atoms with van der Waals surface area (Å²) in [5, 5.41) is 10.3. The summed E-state index contributed by atoms with van der Waals surface area (Å²) in [7, 11) is 2.86. The lowest BCUT2D eigenvalue weighted by molar-refractivity contribution is -0.142. The van der Waals surface area contributed by atoms with E-state index in [1.807, 2.05) is 12.1 Å². The Morgan fingerprint density at radius 1 is 1.00 bits per heavy atom. The molecule has 0 amide bonds. The smallest absolute Gasteiger partial charge is 0.308 e. The molecule has 0 heterocycles. The molecule has 0 bridgehead atoms. The van der Waals surface area contributed by atoms with Gasteiger partial charge in [-0.1, -0.05) is 30.3 Å². The third-order valence-corrected chi connectivity index (χ3v) is 6.17. The van der Waals surface area contributed by atoms with E-state index in [4.69, 9.17) is 9.47 Å². The number of halogens is 1. The molecule has 0 fully saturated rings. The third-order valence-electron chi connectivity index (χ3n) is 6.17. The molecule has 3 aromatic carbocycles. The summed E-state index contributed by atoms with van der Waals surface area (Å²) < 4.78 is 30.7. The van der Waals surface area contributed by atoms with Crippen molar-refractivity contribution in [2.24, 2.45) is 0 Å². The minimum Gasteiger partial charge on any atom is -0.497 e. The summed E-state index contributed by atoms with van der Waals surface area (Å²) >= 11 is 0. The summed E-state index contributed by atoms with van der Waals surface area (Å²) in [5.41, 5.74) is 5.06. The monoisotopic (exact) mass is 476 g/mol. The maximum absolute atomic E-state index is 14.8. The molecule has 4 rings (SSSR count). The van der Waals surface area contributed by atoms with Gasteiger partial charge in [0.05, 0.1) is 26.7 Å². The van der Waals surface area contributed by atoms with Gasteiger partial charge >= 0.3 is 5.97 Å². The van der Waals surface area contributed by atoms with E-state index in [0.29, 0.717) is 29.2 Å². The maximum atomic E-state index is 14.8. The van der Waals surface area contributed by atoms with Crippen molar-refractivity contribution in [3.8, 4) is 22.6 Å². The van der Waals surface area contributed by atoms with Gasteiger partial charge in [-0.2, -0.15) is 0 Å². The molecular formula is C29H29FO5. The van der Waals surface area contributed by atoms with Crippen LogP contribution < -0.4 is 9.47 Å². The van der Waals surface area contributed by atoms with Gasteiger partial charge in [-0.05, 0) is 83.5 Å². The van der Waals surface area contributed by atoms with Crippen molar-refractivity contribution in [2.45, 2.75) is 38.4 Å². The number of esters is 1. The fourth-order valence-corrected chi connectivity index (χ4v) is 4.27. The highest BCUT2D eigenvalue weighted by molar-refractivity contribution is 5.83. The van der Waals surface area contributed by atoms with Gasteiger partial charge in [-0.3, -0.25) is 4.79 Å². The largest absolute Gasteiger partial charge is 0.497 e. The van der Waals surface area contributed by atoms with Crippen LogP contribution in [0.4, 0.5) is 4.39 Å². The Morgan fingerprint density at radius 3 is 2.60 bits per heavy atom. The summed E-state index contributed by atoms with van der Waals surface area (Å²) in [6, 6.07) is 17.7. The maximum Gasteiger partial charge on any atom is 0.308 e. The molecule has 0 spiro atoms. The van der Waals surface area contributed by atoms with Gasteiger partial charge in [0.2, 0.25) is 0 Å². The van der Waals surface area contributed by atoms with E-state index >= 15 is 0 Å². The molecule has 35 heavy (non-hydrogen) atoms. The Bertz CT molecular complexity index is 1230. The fraction of sp³-hybridized carbons (Fsp3) is 0.276. The number of methoxy groups -OCH3 is 2. The van der Waals surface area contributed by atoms with Crippen LogP contribution in [-0.2, 0) is 16.1 Å². The average molecular weight is 477 g/mol. The SMILES string of the molecule is COC(=O)C[C@@H](O)c1cccc(OCc2ccc(-c3cc(OC)ccc3F)c(C3=CCCC3)c2)c1. The van der Waals surface area contributed by atoms with E-state index < -0.39 is 12.1 Å². The molecule has 0 saturated heterocycles. The van der Waals surface area contributed by atoms with E-state index in [1.165, 1.54) is 18.7 Å². The van der Waals surface area contributed by atoms with E-state index in [2.05, 4.69) is 16.9 Å². The molecule has 1 atom stereocenters. The first-order valence-electron chi connectivity index (χ1n) is 11.6. The van der Waals surface area contributed by atoms with E-state index in [1.54, 1.807) is 43.5 Å². The lowest BCUT2D eigenvalue weighted by atomic mass is 9.92. The van der Waals surface area contributed by atoms with Crippen LogP contribution in [0.15, 0.2) is 66.7 Å². The first-order valence-corrected chi connectivity index (χ1v) is 11.6. The van der Waals surface area contributed by atoms with Crippen molar-refractivity contribution in [1.82, 2.24) is 0 Å². The lowest BCUT2D eigenvalue weighted by Crippen LogP contribution is -2.08. The number of aliphatic hydroxyl groups is 1. The number of carbonyl (C=O) groups excluding carboxylic acids is 1. The minimum atomic E-state index is -0.969. The van der Waals surface area contributed by atoms with Crippen molar-refractivity contribution in [2.75, 3.05) is 14.2 Å². The highest BCUT2D eigenvalue weighted by Crippen LogP contribution is 2.38. The number of carbonyl (C=O) groups is 1. The molecule has 0 aliphatic heterocycles. The zero-order valence-corrected chi connectivity index (χ0v) is 19.9. The molecule has 3 aromatic rings. The van der Waals surface area contributed by atoms with Gasteiger partial charge in [0.15, 0.2) is 0 Å². The molecule has 0 aromatic heterocycles. The molecule has 0 unspecified atom stereocenters. The predicted molar refractivity (Wildman–Crippen MR) is 133 cm³/mol. The van der Waals surface area contributed by atoms with Crippen LogP contribution in [0.5, 0.6) is 11.5 Å². The highest BCUT2D eigenvalue weighted by atomic mass is 19.1. The molecule has 6 heteroatoms. The zero-order valence-electron chi connectivity index (χ0n) is 19.9. The van der Waals surface area contributed by atoms with Crippen molar-refractivity contribution in [3.05, 3.63) is 89.2 Å². The quantitative estimate of drug-likeness (QED) is 0.370. The molecule has 0 radical (unpaired) electrons. The van der Waals surface area contributed by atoms with Crippen LogP contribution in [0.25, 0.3) is 16.7 Å². The first kappa shape index (κ1) is 24.5. The Balaban J connectivity index is 1.58. The van der Waals surface area contributed by atoms with Gasteiger partial charge < -0.3 is 19.3 Å². The van der Waals surface area contributed by atoms with Crippen molar-refractivity contribution >= 4 is 11.5 Å². The van der Waals surface area contributed by atoms with Crippen LogP contribution in [0.2, 0.25) is 0 Å². The molecule has 0 saturated carbocycles. The minimum absolute atomic E-state index is 0.124. The lowest BCUT2D eigenvalue weighted by Gasteiger charge is -2.16. The second-order valence-electron chi connectivity index (χ2n) is 8.50. The Morgan fingerprint density at radius 2 is 1.86 bits per heavy atom. The topological polar surface area (TPSA) is 65.0 Å². The van der Waals surface area contributed by atoms with Gasteiger partial charge in [0, 0.05) is 5.56 Å². The number of benzene rings is 3. The van der Waals surface area contributed by atoms with Crippen LogP contribution in [0.1, 0.15) is 48.5 Å². The Labute approximate surface area is 204 Å². The van der Waals surface area contributed by atoms with Gasteiger partial charge in [0.1, 0.15) is 23.9 Å². The predicted octanol–water partition coefficient (Wildman–Crippen LogP) is 6.24. The summed E-state index contributed by atoms with van der Waals surface area (Å²) in [6.45, 7) is 0.303. The number of allylic oxidation sites excluding steroid dienone is 2. The summed E-state index contributed by atoms with van der Waals surface area (Å²) in [4.78, 5) is 11.5.